The van der Waals surface area contributed by atoms with Gasteiger partial charge in [-0.1, -0.05) is 5.21 Å². The summed E-state index contributed by atoms with van der Waals surface area (Å²) >= 11 is 0. The second-order valence-corrected chi connectivity index (χ2v) is 5.80. The van der Waals surface area contributed by atoms with E-state index in [4.69, 9.17) is 9.84 Å². The lowest BCUT2D eigenvalue weighted by Crippen LogP contribution is -2.47. The lowest BCUT2D eigenvalue weighted by Gasteiger charge is -2.36. The Hall–Kier alpha value is -1.63. The van der Waals surface area contributed by atoms with Gasteiger partial charge in [0.25, 0.3) is 0 Å². The zero-order valence-electron chi connectivity index (χ0n) is 11.5. The Morgan fingerprint density at radius 2 is 2.26 bits per heavy atom. The van der Waals surface area contributed by atoms with Gasteiger partial charge in [0.15, 0.2) is 0 Å². The summed E-state index contributed by atoms with van der Waals surface area (Å²) in [6.45, 7) is 5.42. The van der Waals surface area contributed by atoms with Gasteiger partial charge in [0.2, 0.25) is 0 Å². The van der Waals surface area contributed by atoms with Gasteiger partial charge >= 0.3 is 6.09 Å². The molecule has 1 aliphatic carbocycles. The second kappa shape index (κ2) is 5.16. The van der Waals surface area contributed by atoms with E-state index in [-0.39, 0.29) is 18.7 Å². The molecule has 1 aromatic rings. The number of aliphatic hydroxyl groups is 1. The molecule has 1 fully saturated rings. The number of aromatic nitrogens is 3. The predicted octanol–water partition coefficient (Wildman–Crippen LogP) is 0.999. The van der Waals surface area contributed by atoms with E-state index in [1.54, 1.807) is 10.9 Å². The fraction of sp³-hybridized carbons (Fsp3) is 0.750. The summed E-state index contributed by atoms with van der Waals surface area (Å²) in [6, 6.07) is 0.278. The Bertz CT molecular complexity index is 446. The molecule has 2 rings (SSSR count). The zero-order valence-corrected chi connectivity index (χ0v) is 11.5. The van der Waals surface area contributed by atoms with Crippen LogP contribution in [0.4, 0.5) is 4.79 Å². The fourth-order valence-electron chi connectivity index (χ4n) is 2.07. The van der Waals surface area contributed by atoms with Crippen LogP contribution >= 0.6 is 0 Å². The van der Waals surface area contributed by atoms with Gasteiger partial charge in [-0.2, -0.15) is 0 Å². The molecule has 0 saturated heterocycles. The highest BCUT2D eigenvalue weighted by Crippen LogP contribution is 2.32. The Kier molecular flexibility index (Phi) is 3.75. The number of hydrogen-bond donors (Lipinski definition) is 2. The molecule has 1 heterocycles. The number of amides is 1. The van der Waals surface area contributed by atoms with Gasteiger partial charge in [0.05, 0.1) is 24.5 Å². The number of nitrogens with one attached hydrogen (secondary N) is 1. The van der Waals surface area contributed by atoms with Crippen LogP contribution in [0.1, 0.15) is 45.3 Å². The number of rotatable bonds is 3. The summed E-state index contributed by atoms with van der Waals surface area (Å²) in [7, 11) is 0. The summed E-state index contributed by atoms with van der Waals surface area (Å²) in [5.74, 6) is 0. The molecule has 0 aliphatic heterocycles. The van der Waals surface area contributed by atoms with Crippen LogP contribution in [0.2, 0.25) is 0 Å². The van der Waals surface area contributed by atoms with E-state index in [9.17, 15) is 4.79 Å². The lowest BCUT2D eigenvalue weighted by molar-refractivity contribution is 0.0449. The van der Waals surface area contributed by atoms with Crippen LogP contribution in [0, 0.1) is 0 Å². The first-order valence-corrected chi connectivity index (χ1v) is 6.38. The highest BCUT2D eigenvalue weighted by atomic mass is 16.6. The highest BCUT2D eigenvalue weighted by molar-refractivity contribution is 5.68. The van der Waals surface area contributed by atoms with Crippen LogP contribution in [-0.4, -0.2) is 37.8 Å². The number of hydrogen-bond acceptors (Lipinski definition) is 5. The molecule has 19 heavy (non-hydrogen) atoms. The Morgan fingerprint density at radius 1 is 1.58 bits per heavy atom. The molecule has 1 aromatic heterocycles. The minimum atomic E-state index is -0.483. The zero-order chi connectivity index (χ0) is 14.0. The van der Waals surface area contributed by atoms with Crippen LogP contribution < -0.4 is 5.32 Å². The standard InChI is InChI=1S/C12H20N4O3/c1-12(2,3)19-11(18)14-8-4-9(5-8)16-10(7-17)6-13-15-16/h6,8-9,17H,4-5,7H2,1-3H3,(H,14,18). The number of carbonyl (C=O) groups is 1. The average molecular weight is 268 g/mol. The van der Waals surface area contributed by atoms with E-state index in [0.29, 0.717) is 5.69 Å². The lowest BCUT2D eigenvalue weighted by atomic mass is 9.87. The van der Waals surface area contributed by atoms with Crippen molar-refractivity contribution in [2.24, 2.45) is 0 Å². The minimum Gasteiger partial charge on any atom is -0.444 e. The summed E-state index contributed by atoms with van der Waals surface area (Å²) in [5.41, 5.74) is 0.212. The number of ether oxygens (including phenoxy) is 1. The molecule has 2 N–H and O–H groups in total. The molecule has 7 nitrogen and oxygen atoms in total. The van der Waals surface area contributed by atoms with Crippen molar-refractivity contribution < 1.29 is 14.6 Å². The molecule has 106 valence electrons. The van der Waals surface area contributed by atoms with Crippen molar-refractivity contribution in [3.8, 4) is 0 Å². The summed E-state index contributed by atoms with van der Waals surface area (Å²) in [6.07, 6.45) is 2.71. The molecule has 0 bridgehead atoms. The Labute approximate surface area is 111 Å². The maximum absolute atomic E-state index is 11.6. The van der Waals surface area contributed by atoms with Crippen LogP contribution in [-0.2, 0) is 11.3 Å². The normalized spacial score (nSPS) is 22.7. The monoisotopic (exact) mass is 268 g/mol. The summed E-state index contributed by atoms with van der Waals surface area (Å²) < 4.78 is 6.91. The van der Waals surface area contributed by atoms with Gasteiger partial charge in [-0.15, -0.1) is 5.10 Å². The van der Waals surface area contributed by atoms with E-state index in [0.717, 1.165) is 12.8 Å². The molecular weight excluding hydrogens is 248 g/mol. The smallest absolute Gasteiger partial charge is 0.407 e. The maximum atomic E-state index is 11.6. The Morgan fingerprint density at radius 3 is 2.84 bits per heavy atom. The highest BCUT2D eigenvalue weighted by Gasteiger charge is 2.34. The SMILES string of the molecule is CC(C)(C)OC(=O)NC1CC(n2nncc2CO)C1. The van der Waals surface area contributed by atoms with Gasteiger partial charge < -0.3 is 15.2 Å². The van der Waals surface area contributed by atoms with Crippen molar-refractivity contribution in [3.63, 3.8) is 0 Å². The fourth-order valence-corrected chi connectivity index (χ4v) is 2.07. The molecule has 1 saturated carbocycles. The average Bonchev–Trinajstić information content (AvgIpc) is 2.67. The number of carbonyl (C=O) groups excluding carboxylic acids is 1. The van der Waals surface area contributed by atoms with Crippen molar-refractivity contribution >= 4 is 6.09 Å². The van der Waals surface area contributed by atoms with Crippen molar-refractivity contribution in [1.82, 2.24) is 20.3 Å². The van der Waals surface area contributed by atoms with Crippen molar-refractivity contribution in [1.29, 1.82) is 0 Å². The van der Waals surface area contributed by atoms with Crippen LogP contribution in [0.5, 0.6) is 0 Å². The van der Waals surface area contributed by atoms with Crippen molar-refractivity contribution in [3.05, 3.63) is 11.9 Å². The molecule has 0 unspecified atom stereocenters. The van der Waals surface area contributed by atoms with E-state index >= 15 is 0 Å². The molecule has 0 atom stereocenters. The molecular formula is C12H20N4O3. The summed E-state index contributed by atoms with van der Waals surface area (Å²) in [4.78, 5) is 11.6. The molecule has 0 aromatic carbocycles. The molecule has 0 radical (unpaired) electrons. The van der Waals surface area contributed by atoms with Crippen molar-refractivity contribution in [2.45, 2.75) is 57.9 Å². The molecule has 0 spiro atoms. The second-order valence-electron chi connectivity index (χ2n) is 5.80. The molecule has 1 amide bonds. The van der Waals surface area contributed by atoms with Crippen LogP contribution in [0.3, 0.4) is 0 Å². The first kappa shape index (κ1) is 13.8. The van der Waals surface area contributed by atoms with Gasteiger partial charge in [-0.25, -0.2) is 9.48 Å². The summed E-state index contributed by atoms with van der Waals surface area (Å²) in [5, 5.41) is 19.7. The Balaban J connectivity index is 1.79. The quantitative estimate of drug-likeness (QED) is 0.853. The van der Waals surface area contributed by atoms with Crippen molar-refractivity contribution in [2.75, 3.05) is 0 Å². The molecule has 7 heteroatoms. The predicted molar refractivity (Wildman–Crippen MR) is 67.4 cm³/mol. The third kappa shape index (κ3) is 3.44. The van der Waals surface area contributed by atoms with Gasteiger partial charge in [0.1, 0.15) is 5.60 Å². The molecule has 1 aliphatic rings. The largest absolute Gasteiger partial charge is 0.444 e. The minimum absolute atomic E-state index is 0.0757. The number of nitrogens with zero attached hydrogens (tertiary/aromatic N) is 3. The van der Waals surface area contributed by atoms with Gasteiger partial charge in [0, 0.05) is 6.04 Å². The van der Waals surface area contributed by atoms with E-state index < -0.39 is 11.7 Å². The maximum Gasteiger partial charge on any atom is 0.407 e. The van der Waals surface area contributed by atoms with E-state index in [2.05, 4.69) is 15.6 Å². The third-order valence-electron chi connectivity index (χ3n) is 2.99. The van der Waals surface area contributed by atoms with Crippen LogP contribution in [0.25, 0.3) is 0 Å². The first-order valence-electron chi connectivity index (χ1n) is 6.38. The van der Waals surface area contributed by atoms with E-state index in [1.165, 1.54) is 0 Å². The topological polar surface area (TPSA) is 89.3 Å². The van der Waals surface area contributed by atoms with Gasteiger partial charge in [-0.05, 0) is 33.6 Å². The number of aliphatic hydroxyl groups excluding tert-OH is 1. The van der Waals surface area contributed by atoms with Crippen LogP contribution in [0.15, 0.2) is 6.20 Å². The number of alkyl carbamates (subject to hydrolysis) is 1. The third-order valence-corrected chi connectivity index (χ3v) is 2.99. The first-order chi connectivity index (χ1) is 8.89. The van der Waals surface area contributed by atoms with E-state index in [1.807, 2.05) is 20.8 Å². The van der Waals surface area contributed by atoms with Gasteiger partial charge in [-0.3, -0.25) is 0 Å².